The fourth-order valence-corrected chi connectivity index (χ4v) is 3.29. The quantitative estimate of drug-likeness (QED) is 0.545. The number of hydrogen-bond acceptors (Lipinski definition) is 4. The van der Waals surface area contributed by atoms with E-state index in [1.807, 2.05) is 44.2 Å². The third kappa shape index (κ3) is 4.39. The molecule has 0 unspecified atom stereocenters. The second-order valence-electron chi connectivity index (χ2n) is 5.32. The monoisotopic (exact) mass is 333 g/mol. The lowest BCUT2D eigenvalue weighted by Crippen LogP contribution is -2.09. The van der Waals surface area contributed by atoms with Crippen molar-refractivity contribution in [2.24, 2.45) is 0 Å². The van der Waals surface area contributed by atoms with E-state index >= 15 is 0 Å². The average Bonchev–Trinajstić information content (AvgIpc) is 2.85. The van der Waals surface area contributed by atoms with Gasteiger partial charge in [0.15, 0.2) is 5.78 Å². The number of Topliss-reactive ketones (excluding diaryl/α,β-unsaturated/α-hetero) is 1. The number of aryl methyl sites for hydroxylation is 1. The number of carbonyl (C=O) groups is 1. The molecule has 0 fully saturated rings. The summed E-state index contributed by atoms with van der Waals surface area (Å²) in [6.45, 7) is 5.43. The maximum Gasteiger partial charge on any atom is 0.174 e. The number of ether oxygens (including phenoxy) is 2. The van der Waals surface area contributed by atoms with Gasteiger partial charge >= 0.3 is 0 Å². The van der Waals surface area contributed by atoms with Gasteiger partial charge in [-0.05, 0) is 44.2 Å². The highest BCUT2D eigenvalue weighted by molar-refractivity contribution is 8.00. The number of thioether (sulfide) groups is 1. The molecule has 124 valence electrons. The Morgan fingerprint density at radius 2 is 1.87 bits per heavy atom. The second kappa shape index (κ2) is 8.22. The summed E-state index contributed by atoms with van der Waals surface area (Å²) in [5.74, 6) is 1.41. The SMILES string of the molecule is COCCn1c(C)cc(C(=O)CSc2ccc(OC)cc2)c1C. The molecule has 0 aliphatic rings. The number of aromatic nitrogens is 1. The van der Waals surface area contributed by atoms with Crippen LogP contribution in [0.2, 0.25) is 0 Å². The first kappa shape index (κ1) is 17.6. The number of benzene rings is 1. The zero-order valence-corrected chi connectivity index (χ0v) is 14.9. The lowest BCUT2D eigenvalue weighted by molar-refractivity contribution is 0.102. The smallest absolute Gasteiger partial charge is 0.174 e. The lowest BCUT2D eigenvalue weighted by Gasteiger charge is -2.08. The number of methoxy groups -OCH3 is 2. The summed E-state index contributed by atoms with van der Waals surface area (Å²) < 4.78 is 12.4. The maximum absolute atomic E-state index is 12.5. The van der Waals surface area contributed by atoms with Crippen LogP contribution in [0.5, 0.6) is 5.75 Å². The van der Waals surface area contributed by atoms with E-state index < -0.39 is 0 Å². The molecule has 2 rings (SSSR count). The van der Waals surface area contributed by atoms with Gasteiger partial charge in [-0.1, -0.05) is 0 Å². The van der Waals surface area contributed by atoms with Crippen LogP contribution in [0, 0.1) is 13.8 Å². The fraction of sp³-hybridized carbons (Fsp3) is 0.389. The molecule has 0 spiro atoms. The number of carbonyl (C=O) groups excluding carboxylic acids is 1. The zero-order chi connectivity index (χ0) is 16.8. The fourth-order valence-electron chi connectivity index (χ4n) is 2.51. The number of rotatable bonds is 8. The molecule has 5 heteroatoms. The van der Waals surface area contributed by atoms with Gasteiger partial charge < -0.3 is 14.0 Å². The van der Waals surface area contributed by atoms with Gasteiger partial charge in [-0.15, -0.1) is 11.8 Å². The molecule has 0 aliphatic carbocycles. The molecular weight excluding hydrogens is 310 g/mol. The summed E-state index contributed by atoms with van der Waals surface area (Å²) in [5.41, 5.74) is 2.91. The summed E-state index contributed by atoms with van der Waals surface area (Å²) in [5, 5.41) is 0. The molecule has 0 radical (unpaired) electrons. The first-order chi connectivity index (χ1) is 11.1. The summed E-state index contributed by atoms with van der Waals surface area (Å²) in [7, 11) is 3.33. The van der Waals surface area contributed by atoms with Crippen LogP contribution in [0.1, 0.15) is 21.7 Å². The van der Waals surface area contributed by atoms with Crippen LogP contribution in [0.4, 0.5) is 0 Å². The van der Waals surface area contributed by atoms with Crippen molar-refractivity contribution in [2.75, 3.05) is 26.6 Å². The van der Waals surface area contributed by atoms with Crippen LogP contribution < -0.4 is 4.74 Å². The van der Waals surface area contributed by atoms with Gasteiger partial charge in [0.05, 0.1) is 19.5 Å². The number of hydrogen-bond donors (Lipinski definition) is 0. The molecule has 1 aromatic carbocycles. The minimum absolute atomic E-state index is 0.155. The van der Waals surface area contributed by atoms with Crippen LogP contribution in [-0.4, -0.2) is 36.9 Å². The van der Waals surface area contributed by atoms with E-state index in [9.17, 15) is 4.79 Å². The zero-order valence-electron chi connectivity index (χ0n) is 14.1. The van der Waals surface area contributed by atoms with E-state index in [2.05, 4.69) is 4.57 Å². The van der Waals surface area contributed by atoms with Gasteiger partial charge in [-0.25, -0.2) is 0 Å². The average molecular weight is 333 g/mol. The molecule has 1 aromatic heterocycles. The minimum atomic E-state index is 0.155. The van der Waals surface area contributed by atoms with Crippen molar-refractivity contribution < 1.29 is 14.3 Å². The molecule has 0 atom stereocenters. The Kier molecular flexibility index (Phi) is 6.30. The van der Waals surface area contributed by atoms with Gasteiger partial charge in [-0.2, -0.15) is 0 Å². The topological polar surface area (TPSA) is 40.5 Å². The summed E-state index contributed by atoms with van der Waals surface area (Å²) in [6.07, 6.45) is 0. The normalized spacial score (nSPS) is 10.8. The first-order valence-corrected chi connectivity index (χ1v) is 8.51. The van der Waals surface area contributed by atoms with Crippen LogP contribution in [0.3, 0.4) is 0 Å². The largest absolute Gasteiger partial charge is 0.497 e. The summed E-state index contributed by atoms with van der Waals surface area (Å²) >= 11 is 1.55. The lowest BCUT2D eigenvalue weighted by atomic mass is 10.2. The van der Waals surface area contributed by atoms with Crippen molar-refractivity contribution in [3.8, 4) is 5.75 Å². The van der Waals surface area contributed by atoms with Crippen molar-refractivity contribution in [1.29, 1.82) is 0 Å². The van der Waals surface area contributed by atoms with Crippen molar-refractivity contribution in [1.82, 2.24) is 4.57 Å². The summed E-state index contributed by atoms with van der Waals surface area (Å²) in [6, 6.07) is 9.73. The van der Waals surface area contributed by atoms with E-state index in [4.69, 9.17) is 9.47 Å². The summed E-state index contributed by atoms with van der Waals surface area (Å²) in [4.78, 5) is 13.6. The van der Waals surface area contributed by atoms with Crippen LogP contribution in [-0.2, 0) is 11.3 Å². The first-order valence-electron chi connectivity index (χ1n) is 7.52. The van der Waals surface area contributed by atoms with Gasteiger partial charge in [-0.3, -0.25) is 4.79 Å². The van der Waals surface area contributed by atoms with E-state index in [-0.39, 0.29) is 5.78 Å². The molecule has 0 aliphatic heterocycles. The predicted molar refractivity (Wildman–Crippen MR) is 93.8 cm³/mol. The molecule has 23 heavy (non-hydrogen) atoms. The molecule has 0 saturated carbocycles. The predicted octanol–water partition coefficient (Wildman–Crippen LogP) is 3.73. The molecule has 0 N–H and O–H groups in total. The number of nitrogens with zero attached hydrogens (tertiary/aromatic N) is 1. The highest BCUT2D eigenvalue weighted by atomic mass is 32.2. The van der Waals surface area contributed by atoms with Crippen molar-refractivity contribution in [3.05, 3.63) is 47.3 Å². The molecule has 0 bridgehead atoms. The van der Waals surface area contributed by atoms with E-state index in [0.717, 1.165) is 34.1 Å². The molecular formula is C18H23NO3S. The van der Waals surface area contributed by atoms with Crippen molar-refractivity contribution >= 4 is 17.5 Å². The minimum Gasteiger partial charge on any atom is -0.497 e. The Hall–Kier alpha value is -1.72. The van der Waals surface area contributed by atoms with Gasteiger partial charge in [0, 0.05) is 35.5 Å². The highest BCUT2D eigenvalue weighted by Gasteiger charge is 2.15. The van der Waals surface area contributed by atoms with Crippen molar-refractivity contribution in [2.45, 2.75) is 25.3 Å². The van der Waals surface area contributed by atoms with Crippen LogP contribution >= 0.6 is 11.8 Å². The Balaban J connectivity index is 2.02. The van der Waals surface area contributed by atoms with Gasteiger partial charge in [0.2, 0.25) is 0 Å². The number of ketones is 1. The third-order valence-electron chi connectivity index (χ3n) is 3.82. The van der Waals surface area contributed by atoms with Gasteiger partial charge in [0.25, 0.3) is 0 Å². The Labute approximate surface area is 141 Å². The highest BCUT2D eigenvalue weighted by Crippen LogP contribution is 2.24. The van der Waals surface area contributed by atoms with Crippen LogP contribution in [0.25, 0.3) is 0 Å². The maximum atomic E-state index is 12.5. The van der Waals surface area contributed by atoms with E-state index in [1.54, 1.807) is 26.0 Å². The molecule has 0 amide bonds. The molecule has 4 nitrogen and oxygen atoms in total. The van der Waals surface area contributed by atoms with E-state index in [0.29, 0.717) is 12.4 Å². The molecule has 1 heterocycles. The standard InChI is InChI=1S/C18H23NO3S/c1-13-11-17(14(2)19(13)9-10-21-3)18(20)12-23-16-7-5-15(22-4)6-8-16/h5-8,11H,9-10,12H2,1-4H3. The van der Waals surface area contributed by atoms with Crippen molar-refractivity contribution in [3.63, 3.8) is 0 Å². The van der Waals surface area contributed by atoms with E-state index in [1.165, 1.54) is 0 Å². The van der Waals surface area contributed by atoms with Crippen LogP contribution in [0.15, 0.2) is 35.2 Å². The molecule has 0 saturated heterocycles. The third-order valence-corrected chi connectivity index (χ3v) is 4.83. The molecule has 2 aromatic rings. The Morgan fingerprint density at radius 3 is 2.48 bits per heavy atom. The Morgan fingerprint density at radius 1 is 1.17 bits per heavy atom. The Bertz CT molecular complexity index is 662. The second-order valence-corrected chi connectivity index (χ2v) is 6.37. The van der Waals surface area contributed by atoms with Gasteiger partial charge in [0.1, 0.15) is 5.75 Å².